The van der Waals surface area contributed by atoms with E-state index in [1.165, 1.54) is 6.20 Å². The van der Waals surface area contributed by atoms with Gasteiger partial charge < -0.3 is 19.3 Å². The molecule has 0 fully saturated rings. The van der Waals surface area contributed by atoms with Crippen LogP contribution in [0.4, 0.5) is 18.9 Å². The lowest BCUT2D eigenvalue weighted by atomic mass is 10.00. The maximum absolute atomic E-state index is 13.6. The quantitative estimate of drug-likeness (QED) is 0.266. The number of amides is 1. The summed E-state index contributed by atoms with van der Waals surface area (Å²) in [4.78, 5) is 30.9. The molecule has 3 heterocycles. The van der Waals surface area contributed by atoms with Crippen molar-refractivity contribution in [3.05, 3.63) is 65.4 Å². The van der Waals surface area contributed by atoms with Crippen molar-refractivity contribution in [1.82, 2.24) is 19.5 Å². The summed E-state index contributed by atoms with van der Waals surface area (Å²) < 4.78 is 56.8. The zero-order valence-corrected chi connectivity index (χ0v) is 21.8. The molecular weight excluding hydrogens is 526 g/mol. The Morgan fingerprint density at radius 1 is 1.24 bits per heavy atom. The zero-order chi connectivity index (χ0) is 27.7. The maximum Gasteiger partial charge on any atom is 0.417 e. The van der Waals surface area contributed by atoms with Gasteiger partial charge in [-0.15, -0.1) is 0 Å². The maximum atomic E-state index is 13.6. The summed E-state index contributed by atoms with van der Waals surface area (Å²) in [6.45, 7) is 4.56. The molecule has 0 aliphatic rings. The van der Waals surface area contributed by atoms with E-state index in [4.69, 9.17) is 9.05 Å². The second-order valence-corrected chi connectivity index (χ2v) is 9.83. The van der Waals surface area contributed by atoms with Crippen LogP contribution in [0.2, 0.25) is 0 Å². The van der Waals surface area contributed by atoms with Crippen LogP contribution in [0, 0.1) is 13.8 Å². The minimum atomic E-state index is -4.78. The lowest BCUT2D eigenvalue weighted by Crippen LogP contribution is -2.44. The van der Waals surface area contributed by atoms with E-state index < -0.39 is 26.8 Å². The fraction of sp³-hybridized carbons (Fsp3) is 0.333. The highest BCUT2D eigenvalue weighted by atomic mass is 31.2. The molecular formula is C24H25F3N5O5P. The number of hydrogen-bond donors (Lipinski definition) is 2. The standard InChI is InChI=1S/C24H25F3N5O5P/c1-14-8-10-32-18(13-28-19(32)11-14)22(33)29-17-12-16(6-5-15(17)2)21-30-20(36-31-21)7-9-23(3,24(25,26)27)37-38(34)35-4/h5-6,8,10-13,34H,7,9H2,1-4H3,(H,29,33). The summed E-state index contributed by atoms with van der Waals surface area (Å²) in [6, 6.07) is 8.84. The van der Waals surface area contributed by atoms with E-state index in [9.17, 15) is 22.9 Å². The van der Waals surface area contributed by atoms with Crippen molar-refractivity contribution in [2.24, 2.45) is 0 Å². The van der Waals surface area contributed by atoms with Crippen LogP contribution >= 0.6 is 8.60 Å². The van der Waals surface area contributed by atoms with Gasteiger partial charge in [0.25, 0.3) is 5.91 Å². The number of benzene rings is 1. The number of nitrogens with one attached hydrogen (secondary N) is 1. The highest BCUT2D eigenvalue weighted by Crippen LogP contribution is 2.47. The zero-order valence-electron chi connectivity index (χ0n) is 20.9. The van der Waals surface area contributed by atoms with Crippen LogP contribution in [0.5, 0.6) is 0 Å². The Bertz CT molecular complexity index is 1460. The molecule has 4 rings (SSSR count). The number of alkyl halides is 3. The van der Waals surface area contributed by atoms with Crippen LogP contribution in [-0.2, 0) is 15.5 Å². The number of carbonyl (C=O) groups is 1. The van der Waals surface area contributed by atoms with Crippen molar-refractivity contribution in [1.29, 1.82) is 0 Å². The number of aryl methyl sites for hydroxylation is 3. The SMILES string of the molecule is COP(O)OC(C)(CCc1nc(-c2ccc(C)c(NC(=O)c3cnc4cc(C)ccn34)c2)no1)C(F)(F)F. The molecule has 0 spiro atoms. The third kappa shape index (κ3) is 5.86. The number of pyridine rings is 1. The minimum absolute atomic E-state index is 0.0501. The fourth-order valence-corrected chi connectivity index (χ4v) is 4.21. The molecule has 0 aliphatic carbocycles. The van der Waals surface area contributed by atoms with Gasteiger partial charge >= 0.3 is 14.8 Å². The van der Waals surface area contributed by atoms with E-state index >= 15 is 0 Å². The van der Waals surface area contributed by atoms with E-state index in [-0.39, 0.29) is 24.0 Å². The molecule has 0 radical (unpaired) electrons. The van der Waals surface area contributed by atoms with Gasteiger partial charge in [-0.2, -0.15) is 18.2 Å². The molecule has 0 aliphatic heterocycles. The fourth-order valence-electron chi connectivity index (χ4n) is 3.60. The average molecular weight is 551 g/mol. The molecule has 1 amide bonds. The lowest BCUT2D eigenvalue weighted by molar-refractivity contribution is -0.246. The molecule has 2 N–H and O–H groups in total. The summed E-state index contributed by atoms with van der Waals surface area (Å²) in [5.74, 6) is -0.288. The van der Waals surface area contributed by atoms with Gasteiger partial charge in [0, 0.05) is 31.0 Å². The number of anilines is 1. The molecule has 14 heteroatoms. The molecule has 4 aromatic rings. The Labute approximate surface area is 216 Å². The Morgan fingerprint density at radius 3 is 2.71 bits per heavy atom. The monoisotopic (exact) mass is 551 g/mol. The Hall–Kier alpha value is -3.38. The first-order valence-corrected chi connectivity index (χ1v) is 12.5. The van der Waals surface area contributed by atoms with E-state index in [0.717, 1.165) is 25.2 Å². The van der Waals surface area contributed by atoms with Crippen LogP contribution in [0.1, 0.15) is 40.9 Å². The summed E-state index contributed by atoms with van der Waals surface area (Å²) >= 11 is 0. The Kier molecular flexibility index (Phi) is 7.84. The van der Waals surface area contributed by atoms with Gasteiger partial charge in [-0.05, 0) is 56.5 Å². The number of carbonyl (C=O) groups excluding carboxylic acids is 1. The van der Waals surface area contributed by atoms with Gasteiger partial charge in [0.15, 0.2) is 5.60 Å². The van der Waals surface area contributed by atoms with Crippen molar-refractivity contribution in [3.63, 3.8) is 0 Å². The topological polar surface area (TPSA) is 124 Å². The Balaban J connectivity index is 1.50. The predicted molar refractivity (Wildman–Crippen MR) is 132 cm³/mol. The molecule has 3 aromatic heterocycles. The smallest absolute Gasteiger partial charge is 0.339 e. The van der Waals surface area contributed by atoms with Gasteiger partial charge in [-0.25, -0.2) is 4.98 Å². The average Bonchev–Trinajstić information content (AvgIpc) is 3.50. The van der Waals surface area contributed by atoms with Crippen LogP contribution in [0.25, 0.3) is 17.0 Å². The second kappa shape index (κ2) is 10.8. The molecule has 10 nitrogen and oxygen atoms in total. The first-order chi connectivity index (χ1) is 17.9. The molecule has 202 valence electrons. The largest absolute Gasteiger partial charge is 0.417 e. The summed E-state index contributed by atoms with van der Waals surface area (Å²) in [6.07, 6.45) is -2.38. The van der Waals surface area contributed by atoms with Gasteiger partial charge in [-0.3, -0.25) is 13.7 Å². The second-order valence-electron chi connectivity index (χ2n) is 8.81. The minimum Gasteiger partial charge on any atom is -0.339 e. The van der Waals surface area contributed by atoms with Gasteiger partial charge in [0.05, 0.1) is 6.20 Å². The van der Waals surface area contributed by atoms with Crippen LogP contribution in [0.3, 0.4) is 0 Å². The van der Waals surface area contributed by atoms with Crippen molar-refractivity contribution >= 4 is 25.8 Å². The number of rotatable bonds is 9. The molecule has 0 saturated carbocycles. The molecule has 0 bridgehead atoms. The van der Waals surface area contributed by atoms with E-state index in [0.29, 0.717) is 22.6 Å². The summed E-state index contributed by atoms with van der Waals surface area (Å²) in [5.41, 5.74) is 1.08. The first kappa shape index (κ1) is 27.6. The van der Waals surface area contributed by atoms with Gasteiger partial charge in [0.2, 0.25) is 11.7 Å². The summed E-state index contributed by atoms with van der Waals surface area (Å²) in [5, 5.41) is 6.73. The van der Waals surface area contributed by atoms with Crippen LogP contribution < -0.4 is 5.32 Å². The lowest BCUT2D eigenvalue weighted by Gasteiger charge is -2.32. The highest BCUT2D eigenvalue weighted by Gasteiger charge is 2.54. The van der Waals surface area contributed by atoms with Crippen molar-refractivity contribution in [2.45, 2.75) is 45.4 Å². The predicted octanol–water partition coefficient (Wildman–Crippen LogP) is 5.39. The number of imidazole rings is 1. The third-order valence-electron chi connectivity index (χ3n) is 5.96. The first-order valence-electron chi connectivity index (χ1n) is 11.4. The van der Waals surface area contributed by atoms with E-state index in [1.54, 1.807) is 28.8 Å². The van der Waals surface area contributed by atoms with E-state index in [2.05, 4.69) is 25.0 Å². The number of halogens is 3. The Morgan fingerprint density at radius 2 is 2.00 bits per heavy atom. The van der Waals surface area contributed by atoms with Gasteiger partial charge in [-0.1, -0.05) is 17.3 Å². The third-order valence-corrected chi connectivity index (χ3v) is 6.84. The van der Waals surface area contributed by atoms with Crippen molar-refractivity contribution in [2.75, 3.05) is 12.4 Å². The number of nitrogens with zero attached hydrogens (tertiary/aromatic N) is 4. The number of aromatic nitrogens is 4. The summed E-state index contributed by atoms with van der Waals surface area (Å²) in [7, 11) is -1.66. The van der Waals surface area contributed by atoms with Crippen LogP contribution in [-0.4, -0.2) is 49.2 Å². The molecule has 1 aromatic carbocycles. The van der Waals surface area contributed by atoms with Crippen LogP contribution in [0.15, 0.2) is 47.2 Å². The van der Waals surface area contributed by atoms with E-state index in [1.807, 2.05) is 26.0 Å². The number of hydrogen-bond acceptors (Lipinski definition) is 8. The molecule has 2 unspecified atom stereocenters. The van der Waals surface area contributed by atoms with Crippen molar-refractivity contribution in [3.8, 4) is 11.4 Å². The molecule has 38 heavy (non-hydrogen) atoms. The normalized spacial score (nSPS) is 14.4. The van der Waals surface area contributed by atoms with Gasteiger partial charge in [0.1, 0.15) is 11.3 Å². The molecule has 0 saturated heterocycles. The number of fused-ring (bicyclic) bond motifs is 1. The molecule has 2 atom stereocenters. The van der Waals surface area contributed by atoms with Crippen molar-refractivity contribution < 1.29 is 36.4 Å². The highest BCUT2D eigenvalue weighted by molar-refractivity contribution is 7.40.